The Morgan fingerprint density at radius 2 is 1.07 bits per heavy atom. The van der Waals surface area contributed by atoms with Crippen LogP contribution in [0.25, 0.3) is 0 Å². The van der Waals surface area contributed by atoms with E-state index in [0.29, 0.717) is 26.1 Å². The fraction of sp³-hybridized carbons (Fsp3) is 0.455. The number of rotatable bonds is 15. The van der Waals surface area contributed by atoms with Crippen LogP contribution < -0.4 is 0 Å². The van der Waals surface area contributed by atoms with Gasteiger partial charge < -0.3 is 5.11 Å². The molecule has 0 unspecified atom stereocenters. The fourth-order valence-electron chi connectivity index (χ4n) is 2.70. The largest absolute Gasteiger partial charge is 0.474 e. The Bertz CT molecular complexity index is 626. The highest BCUT2D eigenvalue weighted by Gasteiger charge is 2.26. The predicted octanol–water partition coefficient (Wildman–Crippen LogP) is 5.18. The molecule has 0 atom stereocenters. The quantitative estimate of drug-likeness (QED) is 0.326. The van der Waals surface area contributed by atoms with E-state index in [1.165, 1.54) is 11.1 Å². The maximum absolute atomic E-state index is 12.9. The monoisotopic (exact) mass is 406 g/mol. The van der Waals surface area contributed by atoms with Gasteiger partial charge in [-0.1, -0.05) is 60.7 Å². The first-order chi connectivity index (χ1) is 13.7. The molecule has 5 nitrogen and oxygen atoms in total. The van der Waals surface area contributed by atoms with Crippen LogP contribution in [0.3, 0.4) is 0 Å². The zero-order valence-electron chi connectivity index (χ0n) is 16.4. The van der Waals surface area contributed by atoms with Gasteiger partial charge >= 0.3 is 7.82 Å². The molecule has 154 valence electrons. The van der Waals surface area contributed by atoms with E-state index in [1.54, 1.807) is 0 Å². The number of unbranched alkanes of at least 4 members (excludes halogenated alkanes) is 1. The molecule has 0 aliphatic heterocycles. The minimum atomic E-state index is -3.58. The molecule has 0 spiro atoms. The van der Waals surface area contributed by atoms with Crippen LogP contribution in [0.15, 0.2) is 60.7 Å². The molecule has 0 aromatic heterocycles. The van der Waals surface area contributed by atoms with Crippen LogP contribution in [-0.4, -0.2) is 31.5 Å². The van der Waals surface area contributed by atoms with E-state index in [0.717, 1.165) is 25.7 Å². The number of hydrogen-bond acceptors (Lipinski definition) is 5. The molecule has 28 heavy (non-hydrogen) atoms. The van der Waals surface area contributed by atoms with Gasteiger partial charge in [-0.25, -0.2) is 4.57 Å². The highest BCUT2D eigenvalue weighted by molar-refractivity contribution is 7.48. The van der Waals surface area contributed by atoms with Crippen LogP contribution in [0.5, 0.6) is 0 Å². The number of hydrogen-bond donors (Lipinski definition) is 1. The third kappa shape index (κ3) is 9.63. The number of aryl methyl sites for hydroxylation is 2. The lowest BCUT2D eigenvalue weighted by atomic mass is 10.1. The van der Waals surface area contributed by atoms with E-state index < -0.39 is 7.82 Å². The van der Waals surface area contributed by atoms with E-state index >= 15 is 0 Å². The Labute approximate surface area is 168 Å². The normalized spacial score (nSPS) is 11.6. The zero-order chi connectivity index (χ0) is 19.9. The van der Waals surface area contributed by atoms with Gasteiger partial charge in [-0.2, -0.15) is 0 Å². The maximum Gasteiger partial charge on any atom is 0.474 e. The van der Waals surface area contributed by atoms with Crippen molar-refractivity contribution in [2.24, 2.45) is 0 Å². The van der Waals surface area contributed by atoms with Crippen molar-refractivity contribution in [3.8, 4) is 0 Å². The van der Waals surface area contributed by atoms with E-state index in [2.05, 4.69) is 24.3 Å². The molecule has 2 aromatic carbocycles. The Morgan fingerprint density at radius 3 is 1.50 bits per heavy atom. The van der Waals surface area contributed by atoms with Gasteiger partial charge in [0.25, 0.3) is 0 Å². The molecule has 0 aliphatic carbocycles. The van der Waals surface area contributed by atoms with E-state index in [9.17, 15) is 4.57 Å². The Balaban J connectivity index is 1.74. The molecule has 6 heteroatoms. The summed E-state index contributed by atoms with van der Waals surface area (Å²) >= 11 is 0. The minimum Gasteiger partial charge on any atom is -0.396 e. The fourth-order valence-corrected chi connectivity index (χ4v) is 3.98. The van der Waals surface area contributed by atoms with Crippen molar-refractivity contribution < 1.29 is 23.2 Å². The second-order valence-corrected chi connectivity index (χ2v) is 8.22. The van der Waals surface area contributed by atoms with Crippen molar-refractivity contribution >= 4 is 7.82 Å². The van der Waals surface area contributed by atoms with Crippen molar-refractivity contribution in [1.29, 1.82) is 0 Å². The summed E-state index contributed by atoms with van der Waals surface area (Å²) in [5, 5.41) is 8.87. The van der Waals surface area contributed by atoms with Crippen LogP contribution in [-0.2, 0) is 31.0 Å². The summed E-state index contributed by atoms with van der Waals surface area (Å²) in [5.74, 6) is 0. The lowest BCUT2D eigenvalue weighted by Gasteiger charge is -2.18. The lowest BCUT2D eigenvalue weighted by Crippen LogP contribution is -2.05. The molecular weight excluding hydrogens is 375 g/mol. The lowest BCUT2D eigenvalue weighted by molar-refractivity contribution is 0.108. The Hall–Kier alpha value is -1.49. The number of phosphoric acid groups is 1. The highest BCUT2D eigenvalue weighted by atomic mass is 31.2. The summed E-state index contributed by atoms with van der Waals surface area (Å²) in [7, 11) is -3.58. The molecule has 0 aliphatic rings. The molecule has 0 saturated carbocycles. The van der Waals surface area contributed by atoms with E-state index in [-0.39, 0.29) is 13.2 Å². The first-order valence-electron chi connectivity index (χ1n) is 9.94. The minimum absolute atomic E-state index is 0.0868. The molecule has 0 fully saturated rings. The van der Waals surface area contributed by atoms with Gasteiger partial charge in [0.05, 0.1) is 19.8 Å². The van der Waals surface area contributed by atoms with Gasteiger partial charge in [0.15, 0.2) is 0 Å². The first-order valence-corrected chi connectivity index (χ1v) is 11.4. The average molecular weight is 406 g/mol. The number of phosphoric ester groups is 1. The van der Waals surface area contributed by atoms with Gasteiger partial charge in [0.2, 0.25) is 0 Å². The summed E-state index contributed by atoms with van der Waals surface area (Å²) < 4.78 is 29.4. The Morgan fingerprint density at radius 1 is 0.643 bits per heavy atom. The molecule has 1 N–H and O–H groups in total. The number of aliphatic hydroxyl groups excluding tert-OH is 1. The molecule has 0 radical (unpaired) electrons. The van der Waals surface area contributed by atoms with Crippen molar-refractivity contribution in [2.75, 3.05) is 26.4 Å². The summed E-state index contributed by atoms with van der Waals surface area (Å²) in [4.78, 5) is 0. The SMILES string of the molecule is O=P(OCCCCO)(OCCCc1ccccc1)OCCCc1ccccc1. The zero-order valence-corrected chi connectivity index (χ0v) is 17.3. The maximum atomic E-state index is 12.9. The highest BCUT2D eigenvalue weighted by Crippen LogP contribution is 2.49. The van der Waals surface area contributed by atoms with Crippen LogP contribution in [0.2, 0.25) is 0 Å². The predicted molar refractivity (Wildman–Crippen MR) is 111 cm³/mol. The van der Waals surface area contributed by atoms with Crippen LogP contribution in [0, 0.1) is 0 Å². The molecule has 0 amide bonds. The van der Waals surface area contributed by atoms with Gasteiger partial charge in [-0.05, 0) is 49.7 Å². The molecule has 2 aromatic rings. The van der Waals surface area contributed by atoms with Gasteiger partial charge in [-0.3, -0.25) is 13.6 Å². The molecule has 2 rings (SSSR count). The smallest absolute Gasteiger partial charge is 0.396 e. The molecule has 0 bridgehead atoms. The van der Waals surface area contributed by atoms with Gasteiger partial charge in [0.1, 0.15) is 0 Å². The van der Waals surface area contributed by atoms with Crippen molar-refractivity contribution in [1.82, 2.24) is 0 Å². The van der Waals surface area contributed by atoms with E-state index in [1.807, 2.05) is 36.4 Å². The Kier molecular flexibility index (Phi) is 11.1. The third-order valence-corrected chi connectivity index (χ3v) is 5.70. The second kappa shape index (κ2) is 13.6. The standard InChI is InChI=1S/C22H31O5P/c23-17-7-8-18-25-28(24,26-19-9-15-21-11-3-1-4-12-21)27-20-10-16-22-13-5-2-6-14-22/h1-6,11-14,23H,7-10,15-20H2. The van der Waals surface area contributed by atoms with Crippen molar-refractivity contribution in [3.63, 3.8) is 0 Å². The van der Waals surface area contributed by atoms with Gasteiger partial charge in [-0.15, -0.1) is 0 Å². The van der Waals surface area contributed by atoms with Crippen molar-refractivity contribution in [3.05, 3.63) is 71.8 Å². The first kappa shape index (κ1) is 22.8. The third-order valence-electron chi connectivity index (χ3n) is 4.21. The number of aliphatic hydroxyl groups is 1. The average Bonchev–Trinajstić information content (AvgIpc) is 2.74. The van der Waals surface area contributed by atoms with Crippen molar-refractivity contribution in [2.45, 2.75) is 38.5 Å². The van der Waals surface area contributed by atoms with Crippen LogP contribution >= 0.6 is 7.82 Å². The molecule has 0 saturated heterocycles. The summed E-state index contributed by atoms with van der Waals surface area (Å²) in [5.41, 5.74) is 2.43. The molecule has 0 heterocycles. The topological polar surface area (TPSA) is 65.0 Å². The second-order valence-electron chi connectivity index (χ2n) is 6.56. The van der Waals surface area contributed by atoms with Crippen LogP contribution in [0.1, 0.15) is 36.8 Å². The van der Waals surface area contributed by atoms with Gasteiger partial charge in [0, 0.05) is 6.61 Å². The van der Waals surface area contributed by atoms with E-state index in [4.69, 9.17) is 18.7 Å². The van der Waals surface area contributed by atoms with Crippen LogP contribution in [0.4, 0.5) is 0 Å². The summed E-state index contributed by atoms with van der Waals surface area (Å²) in [6.45, 7) is 0.953. The summed E-state index contributed by atoms with van der Waals surface area (Å²) in [6, 6.07) is 20.2. The summed E-state index contributed by atoms with van der Waals surface area (Å²) in [6.07, 6.45) is 4.38. The number of benzene rings is 2. The molecular formula is C22H31O5P.